The predicted molar refractivity (Wildman–Crippen MR) is 242 cm³/mol. The molecule has 0 amide bonds. The Bertz CT molecular complexity index is 3370. The summed E-state index contributed by atoms with van der Waals surface area (Å²) in [7, 11) is 0. The van der Waals surface area contributed by atoms with Gasteiger partial charge in [0.15, 0.2) is 0 Å². The molecule has 0 atom stereocenters. The highest BCUT2D eigenvalue weighted by molar-refractivity contribution is 6.15. The van der Waals surface area contributed by atoms with Crippen LogP contribution >= 0.6 is 0 Å². The molecular formula is C55H39NO2. The molecule has 2 aromatic heterocycles. The number of nitrogens with zero attached hydrogens (tertiary/aromatic N) is 1. The average Bonchev–Trinajstić information content (AvgIpc) is 3.91. The molecule has 0 radical (unpaired) electrons. The third kappa shape index (κ3) is 4.80. The van der Waals surface area contributed by atoms with Crippen molar-refractivity contribution in [3.05, 3.63) is 198 Å². The van der Waals surface area contributed by atoms with Gasteiger partial charge in [-0.25, -0.2) is 0 Å². The van der Waals surface area contributed by atoms with E-state index >= 15 is 0 Å². The Morgan fingerprint density at radius 2 is 1.22 bits per heavy atom. The minimum Gasteiger partial charge on any atom is -0.456 e. The van der Waals surface area contributed by atoms with Crippen LogP contribution in [-0.4, -0.2) is 0 Å². The highest BCUT2D eigenvalue weighted by atomic mass is 16.3. The number of rotatable bonds is 5. The van der Waals surface area contributed by atoms with E-state index in [1.54, 1.807) is 0 Å². The van der Waals surface area contributed by atoms with Crippen LogP contribution in [0.25, 0.3) is 82.5 Å². The maximum absolute atomic E-state index is 6.62. The van der Waals surface area contributed by atoms with Gasteiger partial charge >= 0.3 is 0 Å². The zero-order valence-corrected chi connectivity index (χ0v) is 32.4. The molecule has 3 nitrogen and oxygen atoms in total. The van der Waals surface area contributed by atoms with Crippen LogP contribution in [-0.2, 0) is 5.41 Å². The molecule has 12 rings (SSSR count). The van der Waals surface area contributed by atoms with Gasteiger partial charge in [-0.15, -0.1) is 0 Å². The molecule has 58 heavy (non-hydrogen) atoms. The summed E-state index contributed by atoms with van der Waals surface area (Å²) in [6.07, 6.45) is 6.52. The Balaban J connectivity index is 1.10. The standard InChI is InChI=1S/C55H39NO2/c1-55(2)46-23-8-5-16-39(46)43-21-12-25-48(53(43)55)56(37-30-28-34(29-31-37)38-19-11-22-44-41-18-7-10-26-49(41)58-54(38)44)47-24-9-6-17-40(47)42-20-13-27-50-52(42)45-32-35-14-3-4-15-36(35)33-51(45)57-50/h3-8,10-23,25-33H,9,24H2,1-2H3. The van der Waals surface area contributed by atoms with Crippen LogP contribution in [0.2, 0.25) is 0 Å². The van der Waals surface area contributed by atoms with E-state index in [-0.39, 0.29) is 5.41 Å². The second-order valence-electron chi connectivity index (χ2n) is 16.3. The highest BCUT2D eigenvalue weighted by Gasteiger charge is 2.39. The summed E-state index contributed by atoms with van der Waals surface area (Å²) in [5.74, 6) is 0. The summed E-state index contributed by atoms with van der Waals surface area (Å²) < 4.78 is 13.1. The fourth-order valence-electron chi connectivity index (χ4n) is 10.1. The first-order valence-electron chi connectivity index (χ1n) is 20.3. The second kappa shape index (κ2) is 12.4. The fraction of sp³-hybridized carbons (Fsp3) is 0.0909. The fourth-order valence-corrected chi connectivity index (χ4v) is 10.1. The Kier molecular flexibility index (Phi) is 7.10. The second-order valence-corrected chi connectivity index (χ2v) is 16.3. The van der Waals surface area contributed by atoms with Crippen LogP contribution in [0.3, 0.4) is 0 Å². The van der Waals surface area contributed by atoms with E-state index < -0.39 is 0 Å². The zero-order valence-electron chi connectivity index (χ0n) is 32.4. The molecule has 2 heterocycles. The van der Waals surface area contributed by atoms with E-state index in [9.17, 15) is 0 Å². The van der Waals surface area contributed by atoms with Gasteiger partial charge in [-0.1, -0.05) is 147 Å². The van der Waals surface area contributed by atoms with Crippen molar-refractivity contribution >= 4 is 71.6 Å². The summed E-state index contributed by atoms with van der Waals surface area (Å²) in [4.78, 5) is 2.56. The van der Waals surface area contributed by atoms with Crippen LogP contribution in [0.4, 0.5) is 11.4 Å². The summed E-state index contributed by atoms with van der Waals surface area (Å²) in [5.41, 5.74) is 17.0. The first-order valence-corrected chi connectivity index (χ1v) is 20.3. The van der Waals surface area contributed by atoms with Crippen LogP contribution < -0.4 is 4.90 Å². The SMILES string of the molecule is CC1(C)c2ccccc2-c2cccc(N(C3=C(c4cccc5oc6cc7ccccc7cc6c45)C=CCC3)c3ccc(-c4cccc5c4oc4ccccc45)cc3)c21. The van der Waals surface area contributed by atoms with E-state index in [4.69, 9.17) is 8.83 Å². The molecule has 3 heteroatoms. The smallest absolute Gasteiger partial charge is 0.143 e. The molecule has 0 bridgehead atoms. The maximum atomic E-state index is 6.62. The van der Waals surface area contributed by atoms with Gasteiger partial charge < -0.3 is 13.7 Å². The number of anilines is 2. The number of benzene rings is 8. The lowest BCUT2D eigenvalue weighted by molar-refractivity contribution is 0.659. The quantitative estimate of drug-likeness (QED) is 0.176. The molecule has 0 saturated carbocycles. The summed E-state index contributed by atoms with van der Waals surface area (Å²) in [6, 6.07) is 59.3. The van der Waals surface area contributed by atoms with Crippen molar-refractivity contribution in [2.24, 2.45) is 0 Å². The molecule has 0 unspecified atom stereocenters. The van der Waals surface area contributed by atoms with Gasteiger partial charge in [-0.2, -0.15) is 0 Å². The monoisotopic (exact) mass is 745 g/mol. The third-order valence-electron chi connectivity index (χ3n) is 12.7. The first kappa shape index (κ1) is 33.1. The Morgan fingerprint density at radius 1 is 0.534 bits per heavy atom. The Labute approximate surface area is 336 Å². The molecular weight excluding hydrogens is 707 g/mol. The molecule has 2 aliphatic carbocycles. The number of fused-ring (bicyclic) bond motifs is 10. The molecule has 0 saturated heterocycles. The van der Waals surface area contributed by atoms with Gasteiger partial charge in [0.1, 0.15) is 22.3 Å². The van der Waals surface area contributed by atoms with Crippen molar-refractivity contribution in [2.75, 3.05) is 4.90 Å². The van der Waals surface area contributed by atoms with Gasteiger partial charge in [-0.05, 0) is 99.5 Å². The van der Waals surface area contributed by atoms with Gasteiger partial charge in [0.25, 0.3) is 0 Å². The van der Waals surface area contributed by atoms with Gasteiger partial charge in [0, 0.05) is 49.5 Å². The van der Waals surface area contributed by atoms with Crippen molar-refractivity contribution in [3.63, 3.8) is 0 Å². The minimum atomic E-state index is -0.204. The molecule has 0 spiro atoms. The summed E-state index contributed by atoms with van der Waals surface area (Å²) >= 11 is 0. The van der Waals surface area contributed by atoms with Crippen LogP contribution in [0, 0.1) is 0 Å². The lowest BCUT2D eigenvalue weighted by atomic mass is 9.81. The third-order valence-corrected chi connectivity index (χ3v) is 12.7. The molecule has 276 valence electrons. The van der Waals surface area contributed by atoms with Crippen molar-refractivity contribution < 1.29 is 8.83 Å². The largest absolute Gasteiger partial charge is 0.456 e. The van der Waals surface area contributed by atoms with E-state index in [1.165, 1.54) is 55.5 Å². The van der Waals surface area contributed by atoms with E-state index in [2.05, 4.69) is 189 Å². The summed E-state index contributed by atoms with van der Waals surface area (Å²) in [5, 5.41) is 6.97. The highest BCUT2D eigenvalue weighted by Crippen LogP contribution is 2.54. The average molecular weight is 746 g/mol. The van der Waals surface area contributed by atoms with Crippen molar-refractivity contribution in [1.29, 1.82) is 0 Å². The molecule has 2 aliphatic rings. The molecule has 0 fully saturated rings. The molecule has 0 aliphatic heterocycles. The van der Waals surface area contributed by atoms with Crippen molar-refractivity contribution in [3.8, 4) is 22.3 Å². The van der Waals surface area contributed by atoms with Gasteiger partial charge in [-0.3, -0.25) is 0 Å². The van der Waals surface area contributed by atoms with Gasteiger partial charge in [0.2, 0.25) is 0 Å². The van der Waals surface area contributed by atoms with Crippen LogP contribution in [0.5, 0.6) is 0 Å². The molecule has 8 aromatic carbocycles. The van der Waals surface area contributed by atoms with Crippen molar-refractivity contribution in [1.82, 2.24) is 0 Å². The molecule has 0 N–H and O–H groups in total. The normalized spacial score (nSPS) is 14.6. The summed E-state index contributed by atoms with van der Waals surface area (Å²) in [6.45, 7) is 4.77. The Morgan fingerprint density at radius 3 is 2.12 bits per heavy atom. The number of furan rings is 2. The van der Waals surface area contributed by atoms with E-state index in [0.29, 0.717) is 0 Å². The van der Waals surface area contributed by atoms with Crippen LogP contribution in [0.1, 0.15) is 43.4 Å². The number of para-hydroxylation sites is 2. The lowest BCUT2D eigenvalue weighted by Crippen LogP contribution is -2.24. The maximum Gasteiger partial charge on any atom is 0.143 e. The number of allylic oxidation sites excluding steroid dienone is 4. The van der Waals surface area contributed by atoms with Gasteiger partial charge in [0.05, 0.1) is 5.69 Å². The van der Waals surface area contributed by atoms with E-state index in [1.807, 2.05) is 6.07 Å². The predicted octanol–water partition coefficient (Wildman–Crippen LogP) is 15.5. The first-order chi connectivity index (χ1) is 28.5. The Hall–Kier alpha value is -7.10. The van der Waals surface area contributed by atoms with Crippen LogP contribution in [0.15, 0.2) is 190 Å². The van der Waals surface area contributed by atoms with E-state index in [0.717, 1.165) is 73.5 Å². The number of hydrogen-bond acceptors (Lipinski definition) is 3. The minimum absolute atomic E-state index is 0.204. The topological polar surface area (TPSA) is 29.5 Å². The number of hydrogen-bond donors (Lipinski definition) is 0. The molecule has 10 aromatic rings. The zero-order chi connectivity index (χ0) is 38.5. The lowest BCUT2D eigenvalue weighted by Gasteiger charge is -2.35. The van der Waals surface area contributed by atoms with Crippen molar-refractivity contribution in [2.45, 2.75) is 32.1 Å².